The van der Waals surface area contributed by atoms with E-state index in [1.54, 1.807) is 0 Å². The second-order valence-corrected chi connectivity index (χ2v) is 3.16. The van der Waals surface area contributed by atoms with E-state index in [1.807, 2.05) is 20.0 Å². The van der Waals surface area contributed by atoms with Crippen molar-refractivity contribution in [3.05, 3.63) is 23.0 Å². The molecule has 13 heavy (non-hydrogen) atoms. The van der Waals surface area contributed by atoms with Gasteiger partial charge in [0, 0.05) is 0 Å². The van der Waals surface area contributed by atoms with E-state index in [1.165, 1.54) is 36.1 Å². The largest absolute Gasteiger partial charge is 0.159 e. The first kappa shape index (κ1) is 10.2. The van der Waals surface area contributed by atoms with Gasteiger partial charge in [0.1, 0.15) is 0 Å². The van der Waals surface area contributed by atoms with E-state index in [-0.39, 0.29) is 0 Å². The smallest absolute Gasteiger partial charge is 0.0665 e. The third-order valence-corrected chi connectivity index (χ3v) is 2.34. The average Bonchev–Trinajstić information content (AvgIpc) is 2.22. The zero-order valence-corrected chi connectivity index (χ0v) is 8.80. The summed E-state index contributed by atoms with van der Waals surface area (Å²) >= 11 is 0. The molecule has 2 rings (SSSR count). The minimum Gasteiger partial charge on any atom is -0.159 e. The van der Waals surface area contributed by atoms with Gasteiger partial charge in [-0.05, 0) is 43.7 Å². The van der Waals surface area contributed by atoms with Crippen molar-refractivity contribution in [1.82, 2.24) is 10.2 Å². The monoisotopic (exact) mass is 178 g/mol. The van der Waals surface area contributed by atoms with Crippen molar-refractivity contribution in [3.8, 4) is 0 Å². The number of hydrogen-bond acceptors (Lipinski definition) is 2. The predicted molar refractivity (Wildman–Crippen MR) is 54.8 cm³/mol. The maximum absolute atomic E-state index is 4.13. The fourth-order valence-corrected chi connectivity index (χ4v) is 1.69. The third-order valence-electron chi connectivity index (χ3n) is 2.34. The Balaban J connectivity index is 0.000000396. The Hall–Kier alpha value is -0.920. The van der Waals surface area contributed by atoms with Crippen LogP contribution in [0, 0.1) is 6.92 Å². The van der Waals surface area contributed by atoms with E-state index < -0.39 is 0 Å². The summed E-state index contributed by atoms with van der Waals surface area (Å²) in [5.41, 5.74) is 4.00. The van der Waals surface area contributed by atoms with Gasteiger partial charge in [0.25, 0.3) is 0 Å². The summed E-state index contributed by atoms with van der Waals surface area (Å²) in [7, 11) is 0. The molecular formula is C11H18N2. The number of hydrogen-bond donors (Lipinski definition) is 0. The van der Waals surface area contributed by atoms with Gasteiger partial charge in [0.2, 0.25) is 0 Å². The summed E-state index contributed by atoms with van der Waals surface area (Å²) < 4.78 is 0. The number of aryl methyl sites for hydroxylation is 2. The average molecular weight is 178 g/mol. The molecule has 0 bridgehead atoms. The van der Waals surface area contributed by atoms with Gasteiger partial charge in [-0.1, -0.05) is 13.8 Å². The van der Waals surface area contributed by atoms with Crippen LogP contribution in [0.3, 0.4) is 0 Å². The molecule has 0 amide bonds. The lowest BCUT2D eigenvalue weighted by Crippen LogP contribution is -2.08. The van der Waals surface area contributed by atoms with Crippen LogP contribution in [0.15, 0.2) is 6.20 Å². The molecule has 1 aliphatic rings. The van der Waals surface area contributed by atoms with Crippen LogP contribution >= 0.6 is 0 Å². The van der Waals surface area contributed by atoms with Crippen LogP contribution in [0.25, 0.3) is 0 Å². The van der Waals surface area contributed by atoms with Gasteiger partial charge in [-0.2, -0.15) is 10.2 Å². The minimum atomic E-state index is 1.13. The Labute approximate surface area is 80.4 Å². The SMILES string of the molecule is CC.Cc1cnnc2c1CCCC2. The molecule has 0 aliphatic heterocycles. The van der Waals surface area contributed by atoms with E-state index in [0.29, 0.717) is 0 Å². The Morgan fingerprint density at radius 3 is 2.54 bits per heavy atom. The lowest BCUT2D eigenvalue weighted by Gasteiger charge is -2.14. The predicted octanol–water partition coefficient (Wildman–Crippen LogP) is 2.69. The summed E-state index contributed by atoms with van der Waals surface area (Å²) in [6.45, 7) is 6.12. The van der Waals surface area contributed by atoms with Gasteiger partial charge < -0.3 is 0 Å². The quantitative estimate of drug-likeness (QED) is 0.610. The number of fused-ring (bicyclic) bond motifs is 1. The molecule has 2 nitrogen and oxygen atoms in total. The van der Waals surface area contributed by atoms with Crippen molar-refractivity contribution >= 4 is 0 Å². The fraction of sp³-hybridized carbons (Fsp3) is 0.636. The van der Waals surface area contributed by atoms with E-state index in [0.717, 1.165) is 6.42 Å². The molecule has 0 spiro atoms. The lowest BCUT2D eigenvalue weighted by molar-refractivity contribution is 0.650. The summed E-state index contributed by atoms with van der Waals surface area (Å²) in [5.74, 6) is 0. The second-order valence-electron chi connectivity index (χ2n) is 3.16. The Bertz CT molecular complexity index is 269. The molecule has 2 heteroatoms. The van der Waals surface area contributed by atoms with Crippen molar-refractivity contribution < 1.29 is 0 Å². The summed E-state index contributed by atoms with van der Waals surface area (Å²) in [5, 5.41) is 8.08. The number of aromatic nitrogens is 2. The number of nitrogens with zero attached hydrogens (tertiary/aromatic N) is 2. The molecule has 0 N–H and O–H groups in total. The van der Waals surface area contributed by atoms with Gasteiger partial charge in [0.15, 0.2) is 0 Å². The first-order chi connectivity index (χ1) is 6.38. The Morgan fingerprint density at radius 2 is 1.85 bits per heavy atom. The summed E-state index contributed by atoms with van der Waals surface area (Å²) in [4.78, 5) is 0. The first-order valence-corrected chi connectivity index (χ1v) is 5.18. The van der Waals surface area contributed by atoms with Crippen molar-refractivity contribution in [2.75, 3.05) is 0 Å². The molecule has 0 fully saturated rings. The van der Waals surface area contributed by atoms with Crippen LogP contribution in [-0.4, -0.2) is 10.2 Å². The zero-order chi connectivity index (χ0) is 9.68. The zero-order valence-electron chi connectivity index (χ0n) is 8.80. The highest BCUT2D eigenvalue weighted by atomic mass is 15.1. The Morgan fingerprint density at radius 1 is 1.15 bits per heavy atom. The first-order valence-electron chi connectivity index (χ1n) is 5.18. The van der Waals surface area contributed by atoms with E-state index in [2.05, 4.69) is 17.1 Å². The van der Waals surface area contributed by atoms with E-state index >= 15 is 0 Å². The van der Waals surface area contributed by atoms with Crippen LogP contribution in [0.1, 0.15) is 43.5 Å². The lowest BCUT2D eigenvalue weighted by atomic mass is 9.94. The van der Waals surface area contributed by atoms with Crippen molar-refractivity contribution in [1.29, 1.82) is 0 Å². The fourth-order valence-electron chi connectivity index (χ4n) is 1.69. The molecule has 1 aliphatic carbocycles. The van der Waals surface area contributed by atoms with Gasteiger partial charge in [0.05, 0.1) is 11.9 Å². The summed E-state index contributed by atoms with van der Waals surface area (Å²) in [6.07, 6.45) is 6.80. The molecule has 0 saturated carbocycles. The van der Waals surface area contributed by atoms with Crippen molar-refractivity contribution in [3.63, 3.8) is 0 Å². The minimum absolute atomic E-state index is 1.13. The highest BCUT2D eigenvalue weighted by Gasteiger charge is 2.11. The van der Waals surface area contributed by atoms with Crippen molar-refractivity contribution in [2.24, 2.45) is 0 Å². The van der Waals surface area contributed by atoms with Crippen LogP contribution in [0.5, 0.6) is 0 Å². The van der Waals surface area contributed by atoms with Crippen LogP contribution in [-0.2, 0) is 12.8 Å². The highest BCUT2D eigenvalue weighted by Crippen LogP contribution is 2.20. The molecule has 0 atom stereocenters. The molecule has 0 saturated heterocycles. The molecule has 0 aromatic carbocycles. The normalized spacial score (nSPS) is 14.1. The Kier molecular flexibility index (Phi) is 3.87. The second kappa shape index (κ2) is 4.95. The topological polar surface area (TPSA) is 25.8 Å². The number of rotatable bonds is 0. The van der Waals surface area contributed by atoms with Crippen LogP contribution in [0.2, 0.25) is 0 Å². The molecule has 1 aromatic rings. The third kappa shape index (κ3) is 2.27. The molecule has 1 heterocycles. The highest BCUT2D eigenvalue weighted by molar-refractivity contribution is 5.28. The summed E-state index contributed by atoms with van der Waals surface area (Å²) in [6, 6.07) is 0. The van der Waals surface area contributed by atoms with E-state index in [9.17, 15) is 0 Å². The molecule has 0 unspecified atom stereocenters. The molecule has 0 radical (unpaired) electrons. The molecular weight excluding hydrogens is 160 g/mol. The van der Waals surface area contributed by atoms with Gasteiger partial charge in [-0.15, -0.1) is 0 Å². The van der Waals surface area contributed by atoms with Crippen molar-refractivity contribution in [2.45, 2.75) is 46.5 Å². The standard InChI is InChI=1S/C9H12N2.C2H6/c1-7-6-10-11-9-5-3-2-4-8(7)9;1-2/h6H,2-5H2,1H3;1-2H3. The van der Waals surface area contributed by atoms with E-state index in [4.69, 9.17) is 0 Å². The molecule has 1 aromatic heterocycles. The van der Waals surface area contributed by atoms with Gasteiger partial charge >= 0.3 is 0 Å². The van der Waals surface area contributed by atoms with Crippen LogP contribution in [0.4, 0.5) is 0 Å². The van der Waals surface area contributed by atoms with Crippen LogP contribution < -0.4 is 0 Å². The molecule has 72 valence electrons. The van der Waals surface area contributed by atoms with Gasteiger partial charge in [-0.25, -0.2) is 0 Å². The maximum Gasteiger partial charge on any atom is 0.0665 e. The maximum atomic E-state index is 4.13. The van der Waals surface area contributed by atoms with Gasteiger partial charge in [-0.3, -0.25) is 0 Å².